The fourth-order valence-electron chi connectivity index (χ4n) is 2.96. The summed E-state index contributed by atoms with van der Waals surface area (Å²) in [7, 11) is 0. The van der Waals surface area contributed by atoms with Gasteiger partial charge in [0.05, 0.1) is 32.9 Å². The van der Waals surface area contributed by atoms with Crippen LogP contribution in [0.15, 0.2) is 52.4 Å². The number of thioether (sulfide) groups is 1. The van der Waals surface area contributed by atoms with E-state index in [0.29, 0.717) is 22.6 Å². The second-order valence-electron chi connectivity index (χ2n) is 6.72. The molecule has 1 heterocycles. The Morgan fingerprint density at radius 2 is 1.94 bits per heavy atom. The van der Waals surface area contributed by atoms with Gasteiger partial charge in [0.15, 0.2) is 5.16 Å². The first kappa shape index (κ1) is 23.1. The minimum Gasteiger partial charge on any atom is -0.324 e. The Hall–Kier alpha value is -2.52. The van der Waals surface area contributed by atoms with E-state index < -0.39 is 23.3 Å². The highest BCUT2D eigenvalue weighted by atomic mass is 35.5. The zero-order valence-corrected chi connectivity index (χ0v) is 18.1. The number of para-hydroxylation sites is 2. The quantitative estimate of drug-likeness (QED) is 0.361. The van der Waals surface area contributed by atoms with E-state index in [1.807, 2.05) is 6.92 Å². The number of carbonyl (C=O) groups is 1. The lowest BCUT2D eigenvalue weighted by atomic mass is 10.1. The van der Waals surface area contributed by atoms with Gasteiger partial charge in [-0.3, -0.25) is 14.2 Å². The highest BCUT2D eigenvalue weighted by Gasteiger charge is 2.34. The molecule has 31 heavy (non-hydrogen) atoms. The Morgan fingerprint density at radius 1 is 1.19 bits per heavy atom. The summed E-state index contributed by atoms with van der Waals surface area (Å²) in [5, 5.41) is 2.84. The van der Waals surface area contributed by atoms with E-state index in [1.54, 1.807) is 24.3 Å². The van der Waals surface area contributed by atoms with Crippen LogP contribution < -0.4 is 10.9 Å². The van der Waals surface area contributed by atoms with Gasteiger partial charge in [0, 0.05) is 6.54 Å². The first-order chi connectivity index (χ1) is 14.7. The number of hydrogen-bond acceptors (Lipinski definition) is 4. The van der Waals surface area contributed by atoms with Crippen LogP contribution in [0, 0.1) is 0 Å². The van der Waals surface area contributed by atoms with Crippen LogP contribution in [0.25, 0.3) is 10.9 Å². The lowest BCUT2D eigenvalue weighted by Gasteiger charge is -2.16. The van der Waals surface area contributed by atoms with E-state index in [2.05, 4.69) is 10.3 Å². The number of rotatable bonds is 7. The molecule has 0 bridgehead atoms. The number of hydrogen-bond donors (Lipinski definition) is 1. The van der Waals surface area contributed by atoms with Crippen LogP contribution in [-0.4, -0.2) is 21.2 Å². The van der Waals surface area contributed by atoms with Gasteiger partial charge in [0.2, 0.25) is 5.91 Å². The third-order valence-electron chi connectivity index (χ3n) is 4.48. The maximum Gasteiger partial charge on any atom is 0.418 e. The molecular weight excluding hydrogens is 451 g/mol. The summed E-state index contributed by atoms with van der Waals surface area (Å²) >= 11 is 6.87. The summed E-state index contributed by atoms with van der Waals surface area (Å²) in [6, 6.07) is 10.2. The fourth-order valence-corrected chi connectivity index (χ4v) is 4.01. The largest absolute Gasteiger partial charge is 0.418 e. The van der Waals surface area contributed by atoms with E-state index in [-0.39, 0.29) is 16.3 Å². The smallest absolute Gasteiger partial charge is 0.324 e. The Labute approximate surface area is 185 Å². The maximum absolute atomic E-state index is 13.2. The summed E-state index contributed by atoms with van der Waals surface area (Å²) in [5.41, 5.74) is -1.24. The topological polar surface area (TPSA) is 64.0 Å². The summed E-state index contributed by atoms with van der Waals surface area (Å²) in [4.78, 5) is 29.8. The zero-order valence-electron chi connectivity index (χ0n) is 16.5. The number of nitrogens with zero attached hydrogens (tertiary/aromatic N) is 2. The van der Waals surface area contributed by atoms with E-state index in [4.69, 9.17) is 11.6 Å². The Morgan fingerprint density at radius 3 is 2.65 bits per heavy atom. The Kier molecular flexibility index (Phi) is 7.27. The SMILES string of the molecule is CCCCn1c(SCC(=O)Nc2c(Cl)cccc2C(F)(F)F)nc2ccccc2c1=O. The van der Waals surface area contributed by atoms with Crippen molar-refractivity contribution >= 4 is 45.9 Å². The molecule has 0 aliphatic heterocycles. The van der Waals surface area contributed by atoms with Crippen LogP contribution in [0.5, 0.6) is 0 Å². The number of fused-ring (bicyclic) bond motifs is 1. The van der Waals surface area contributed by atoms with Crippen LogP contribution in [0.2, 0.25) is 5.02 Å². The van der Waals surface area contributed by atoms with Crippen molar-refractivity contribution in [1.82, 2.24) is 9.55 Å². The molecule has 0 atom stereocenters. The molecule has 3 rings (SSSR count). The van der Waals surface area contributed by atoms with Gasteiger partial charge in [-0.25, -0.2) is 4.98 Å². The molecule has 2 aromatic carbocycles. The van der Waals surface area contributed by atoms with Crippen molar-refractivity contribution < 1.29 is 18.0 Å². The number of amides is 1. The average Bonchev–Trinajstić information content (AvgIpc) is 2.72. The van der Waals surface area contributed by atoms with E-state index in [1.165, 1.54) is 16.7 Å². The van der Waals surface area contributed by atoms with Crippen LogP contribution in [0.1, 0.15) is 25.3 Å². The lowest BCUT2D eigenvalue weighted by Crippen LogP contribution is -2.24. The van der Waals surface area contributed by atoms with Crippen molar-refractivity contribution in [3.05, 3.63) is 63.4 Å². The van der Waals surface area contributed by atoms with Crippen molar-refractivity contribution in [2.75, 3.05) is 11.1 Å². The molecular formula is C21H19ClF3N3O2S. The third-order valence-corrected chi connectivity index (χ3v) is 5.77. The van der Waals surface area contributed by atoms with E-state index in [0.717, 1.165) is 30.7 Å². The van der Waals surface area contributed by atoms with Gasteiger partial charge in [-0.2, -0.15) is 13.2 Å². The number of carbonyl (C=O) groups excluding carboxylic acids is 1. The normalized spacial score (nSPS) is 11.6. The van der Waals surface area contributed by atoms with Crippen molar-refractivity contribution in [3.63, 3.8) is 0 Å². The molecule has 5 nitrogen and oxygen atoms in total. The minimum atomic E-state index is -4.67. The molecule has 164 valence electrons. The molecule has 1 aromatic heterocycles. The van der Waals surface area contributed by atoms with Gasteiger partial charge in [0.1, 0.15) is 0 Å². The number of unbranched alkanes of at least 4 members (excludes halogenated alkanes) is 1. The van der Waals surface area contributed by atoms with Gasteiger partial charge in [-0.05, 0) is 30.7 Å². The number of benzene rings is 2. The monoisotopic (exact) mass is 469 g/mol. The van der Waals surface area contributed by atoms with Crippen LogP contribution in [0.4, 0.5) is 18.9 Å². The molecule has 3 aromatic rings. The van der Waals surface area contributed by atoms with E-state index in [9.17, 15) is 22.8 Å². The predicted octanol–water partition coefficient (Wildman–Crippen LogP) is 5.60. The van der Waals surface area contributed by atoms with Gasteiger partial charge in [-0.1, -0.05) is 54.9 Å². The molecule has 1 amide bonds. The second-order valence-corrected chi connectivity index (χ2v) is 8.07. The Bertz CT molecular complexity index is 1160. The van der Waals surface area contributed by atoms with Gasteiger partial charge in [0.25, 0.3) is 5.56 Å². The second kappa shape index (κ2) is 9.74. The van der Waals surface area contributed by atoms with Crippen molar-refractivity contribution in [2.24, 2.45) is 0 Å². The maximum atomic E-state index is 13.2. The fraction of sp³-hybridized carbons (Fsp3) is 0.286. The standard InChI is InChI=1S/C21H19ClF3N3O2S/c1-2-3-11-28-19(30)13-7-4-5-10-16(13)26-20(28)31-12-17(29)27-18-14(21(23,24)25)8-6-9-15(18)22/h4-10H,2-3,11-12H2,1H3,(H,27,29). The summed E-state index contributed by atoms with van der Waals surface area (Å²) < 4.78 is 41.2. The first-order valence-corrected chi connectivity index (χ1v) is 10.9. The van der Waals surface area contributed by atoms with Crippen molar-refractivity contribution in [2.45, 2.75) is 37.6 Å². The number of aromatic nitrogens is 2. The highest BCUT2D eigenvalue weighted by molar-refractivity contribution is 7.99. The Balaban J connectivity index is 1.85. The zero-order chi connectivity index (χ0) is 22.6. The molecule has 10 heteroatoms. The van der Waals surface area contributed by atoms with Crippen molar-refractivity contribution in [1.29, 1.82) is 0 Å². The third kappa shape index (κ3) is 5.40. The molecule has 0 saturated carbocycles. The molecule has 0 saturated heterocycles. The number of anilines is 1. The summed E-state index contributed by atoms with van der Waals surface area (Å²) in [5.74, 6) is -0.924. The average molecular weight is 470 g/mol. The molecule has 0 aliphatic carbocycles. The van der Waals surface area contributed by atoms with Crippen LogP contribution in [-0.2, 0) is 17.5 Å². The molecule has 0 unspecified atom stereocenters. The number of halogens is 4. The molecule has 0 fully saturated rings. The molecule has 0 spiro atoms. The minimum absolute atomic E-state index is 0.211. The van der Waals surface area contributed by atoms with Gasteiger partial charge in [-0.15, -0.1) is 0 Å². The number of alkyl halides is 3. The lowest BCUT2D eigenvalue weighted by molar-refractivity contribution is -0.137. The van der Waals surface area contributed by atoms with Crippen LogP contribution in [0.3, 0.4) is 0 Å². The van der Waals surface area contributed by atoms with Gasteiger partial charge < -0.3 is 5.32 Å². The van der Waals surface area contributed by atoms with E-state index >= 15 is 0 Å². The first-order valence-electron chi connectivity index (χ1n) is 9.50. The molecule has 0 radical (unpaired) electrons. The molecule has 0 aliphatic rings. The van der Waals surface area contributed by atoms with Crippen LogP contribution >= 0.6 is 23.4 Å². The molecule has 1 N–H and O–H groups in total. The highest BCUT2D eigenvalue weighted by Crippen LogP contribution is 2.38. The predicted molar refractivity (Wildman–Crippen MR) is 117 cm³/mol. The van der Waals surface area contributed by atoms with Gasteiger partial charge >= 0.3 is 6.18 Å². The number of nitrogens with one attached hydrogen (secondary N) is 1. The summed E-state index contributed by atoms with van der Waals surface area (Å²) in [6.07, 6.45) is -3.06. The summed E-state index contributed by atoms with van der Waals surface area (Å²) in [6.45, 7) is 2.42. The van der Waals surface area contributed by atoms with Crippen molar-refractivity contribution in [3.8, 4) is 0 Å².